The van der Waals surface area contributed by atoms with Crippen LogP contribution in [0.2, 0.25) is 0 Å². The van der Waals surface area contributed by atoms with Crippen molar-refractivity contribution < 1.29 is 4.74 Å². The molecule has 0 fully saturated rings. The maximum atomic E-state index is 5.41. The van der Waals surface area contributed by atoms with Crippen molar-refractivity contribution in [1.82, 2.24) is 0 Å². The number of benzene rings is 1. The highest BCUT2D eigenvalue weighted by Crippen LogP contribution is 2.18. The van der Waals surface area contributed by atoms with Crippen molar-refractivity contribution in [3.8, 4) is 5.75 Å². The van der Waals surface area contributed by atoms with Crippen LogP contribution in [0.15, 0.2) is 52.6 Å². The van der Waals surface area contributed by atoms with Gasteiger partial charge in [0.15, 0.2) is 0 Å². The van der Waals surface area contributed by atoms with Gasteiger partial charge in [-0.1, -0.05) is 11.6 Å². The average Bonchev–Trinajstić information content (AvgIpc) is 2.30. The fourth-order valence-corrected chi connectivity index (χ4v) is 1.85. The molecule has 1 aromatic rings. The van der Waals surface area contributed by atoms with Gasteiger partial charge in [-0.3, -0.25) is 4.99 Å². The van der Waals surface area contributed by atoms with Crippen LogP contribution < -0.4 is 4.74 Å². The first-order chi connectivity index (χ1) is 9.01. The molecular weight excluding hydrogens is 234 g/mol. The normalized spacial score (nSPS) is 12.3. The van der Waals surface area contributed by atoms with Crippen molar-refractivity contribution in [2.24, 2.45) is 4.99 Å². The van der Waals surface area contributed by atoms with E-state index in [0.29, 0.717) is 6.61 Å². The summed E-state index contributed by atoms with van der Waals surface area (Å²) >= 11 is 0. The molecule has 0 radical (unpaired) electrons. The second-order valence-corrected chi connectivity index (χ2v) is 4.79. The SMILES string of the molecule is CCOc1ccc(N=C(C)/C=C(\C)C=C(C)C)cc1. The maximum absolute atomic E-state index is 5.41. The van der Waals surface area contributed by atoms with E-state index >= 15 is 0 Å². The summed E-state index contributed by atoms with van der Waals surface area (Å²) in [7, 11) is 0. The Morgan fingerprint density at radius 2 is 1.68 bits per heavy atom. The Balaban J connectivity index is 2.81. The highest BCUT2D eigenvalue weighted by atomic mass is 16.5. The van der Waals surface area contributed by atoms with Crippen molar-refractivity contribution in [3.63, 3.8) is 0 Å². The summed E-state index contributed by atoms with van der Waals surface area (Å²) in [5.74, 6) is 0.885. The first kappa shape index (κ1) is 15.2. The molecule has 0 amide bonds. The largest absolute Gasteiger partial charge is 0.494 e. The van der Waals surface area contributed by atoms with Crippen molar-refractivity contribution in [2.75, 3.05) is 6.61 Å². The summed E-state index contributed by atoms with van der Waals surface area (Å²) in [5.41, 5.74) is 4.45. The first-order valence-corrected chi connectivity index (χ1v) is 6.62. The third-order valence-electron chi connectivity index (χ3n) is 2.41. The van der Waals surface area contributed by atoms with Gasteiger partial charge in [0.25, 0.3) is 0 Å². The van der Waals surface area contributed by atoms with E-state index in [-0.39, 0.29) is 0 Å². The topological polar surface area (TPSA) is 21.6 Å². The van der Waals surface area contributed by atoms with E-state index < -0.39 is 0 Å². The summed E-state index contributed by atoms with van der Waals surface area (Å²) in [6.07, 6.45) is 4.24. The van der Waals surface area contributed by atoms with Crippen molar-refractivity contribution in [2.45, 2.75) is 34.6 Å². The lowest BCUT2D eigenvalue weighted by Gasteiger charge is -2.02. The summed E-state index contributed by atoms with van der Waals surface area (Å²) in [6, 6.07) is 7.84. The molecule has 0 saturated heterocycles. The molecule has 0 atom stereocenters. The van der Waals surface area contributed by atoms with Crippen LogP contribution in [0.4, 0.5) is 5.69 Å². The highest BCUT2D eigenvalue weighted by molar-refractivity contribution is 5.95. The maximum Gasteiger partial charge on any atom is 0.119 e. The summed E-state index contributed by atoms with van der Waals surface area (Å²) in [4.78, 5) is 4.56. The van der Waals surface area contributed by atoms with E-state index in [4.69, 9.17) is 4.74 Å². The van der Waals surface area contributed by atoms with Crippen LogP contribution >= 0.6 is 0 Å². The molecule has 0 aliphatic rings. The van der Waals surface area contributed by atoms with E-state index in [1.807, 2.05) is 38.1 Å². The van der Waals surface area contributed by atoms with Gasteiger partial charge in [-0.05, 0) is 70.5 Å². The Morgan fingerprint density at radius 1 is 1.05 bits per heavy atom. The predicted molar refractivity (Wildman–Crippen MR) is 83.6 cm³/mol. The molecule has 0 heterocycles. The van der Waals surface area contributed by atoms with E-state index in [0.717, 1.165) is 17.1 Å². The second-order valence-electron chi connectivity index (χ2n) is 4.79. The molecule has 2 heteroatoms. The summed E-state index contributed by atoms with van der Waals surface area (Å²) < 4.78 is 5.41. The zero-order chi connectivity index (χ0) is 14.3. The number of nitrogens with zero attached hydrogens (tertiary/aromatic N) is 1. The Hall–Kier alpha value is -1.83. The van der Waals surface area contributed by atoms with Gasteiger partial charge in [0.1, 0.15) is 5.75 Å². The van der Waals surface area contributed by atoms with Crippen LogP contribution in [-0.2, 0) is 0 Å². The number of ether oxygens (including phenoxy) is 1. The molecule has 0 bridgehead atoms. The number of rotatable bonds is 5. The number of hydrogen-bond donors (Lipinski definition) is 0. The lowest BCUT2D eigenvalue weighted by Crippen LogP contribution is -1.90. The fourth-order valence-electron chi connectivity index (χ4n) is 1.85. The smallest absolute Gasteiger partial charge is 0.119 e. The van der Waals surface area contributed by atoms with Crippen LogP contribution in [0.3, 0.4) is 0 Å². The van der Waals surface area contributed by atoms with E-state index in [1.54, 1.807) is 0 Å². The van der Waals surface area contributed by atoms with Gasteiger partial charge in [-0.25, -0.2) is 0 Å². The van der Waals surface area contributed by atoms with Crippen LogP contribution in [0.25, 0.3) is 0 Å². The predicted octanol–water partition coefficient (Wildman–Crippen LogP) is 5.09. The van der Waals surface area contributed by atoms with Crippen LogP contribution in [0, 0.1) is 0 Å². The Morgan fingerprint density at radius 3 is 2.21 bits per heavy atom. The molecule has 0 aliphatic carbocycles. The van der Waals surface area contributed by atoms with Crippen LogP contribution in [0.1, 0.15) is 34.6 Å². The monoisotopic (exact) mass is 257 g/mol. The Bertz CT molecular complexity index is 488. The number of aliphatic imine (C=N–C) groups is 1. The van der Waals surface area contributed by atoms with Gasteiger partial charge < -0.3 is 4.74 Å². The second kappa shape index (κ2) is 7.57. The fraction of sp³-hybridized carbons (Fsp3) is 0.353. The minimum absolute atomic E-state index is 0.687. The van der Waals surface area contributed by atoms with Gasteiger partial charge in [0.05, 0.1) is 12.3 Å². The van der Waals surface area contributed by atoms with E-state index in [1.165, 1.54) is 11.1 Å². The minimum atomic E-state index is 0.687. The molecule has 0 unspecified atom stereocenters. The zero-order valence-electron chi connectivity index (χ0n) is 12.5. The molecule has 0 saturated carbocycles. The van der Waals surface area contributed by atoms with Gasteiger partial charge >= 0.3 is 0 Å². The number of hydrogen-bond acceptors (Lipinski definition) is 2. The van der Waals surface area contributed by atoms with Gasteiger partial charge in [0.2, 0.25) is 0 Å². The minimum Gasteiger partial charge on any atom is -0.494 e. The zero-order valence-corrected chi connectivity index (χ0v) is 12.5. The molecule has 1 aromatic carbocycles. The van der Waals surface area contributed by atoms with Gasteiger partial charge in [-0.2, -0.15) is 0 Å². The molecule has 19 heavy (non-hydrogen) atoms. The lowest BCUT2D eigenvalue weighted by molar-refractivity contribution is 0.340. The average molecular weight is 257 g/mol. The Kier molecular flexibility index (Phi) is 6.07. The van der Waals surface area contributed by atoms with Gasteiger partial charge in [-0.15, -0.1) is 0 Å². The van der Waals surface area contributed by atoms with E-state index in [9.17, 15) is 0 Å². The number of allylic oxidation sites excluding steroid dienone is 4. The highest BCUT2D eigenvalue weighted by Gasteiger charge is 1.94. The van der Waals surface area contributed by atoms with Crippen molar-refractivity contribution >= 4 is 11.4 Å². The van der Waals surface area contributed by atoms with Gasteiger partial charge in [0, 0.05) is 5.71 Å². The first-order valence-electron chi connectivity index (χ1n) is 6.62. The molecule has 0 aromatic heterocycles. The standard InChI is InChI=1S/C17H23NO/c1-6-19-17-9-7-16(8-10-17)18-15(5)12-14(4)11-13(2)3/h7-12H,6H2,1-5H3/b14-12+,18-15?. The molecule has 0 N–H and O–H groups in total. The molecule has 102 valence electrons. The molecule has 1 rings (SSSR count). The summed E-state index contributed by atoms with van der Waals surface area (Å²) in [6.45, 7) is 11.0. The third-order valence-corrected chi connectivity index (χ3v) is 2.41. The lowest BCUT2D eigenvalue weighted by atomic mass is 10.2. The Labute approximate surface area is 116 Å². The quantitative estimate of drug-likeness (QED) is 0.532. The van der Waals surface area contributed by atoms with Crippen molar-refractivity contribution in [3.05, 3.63) is 47.6 Å². The molecular formula is C17H23NO. The molecule has 2 nitrogen and oxygen atoms in total. The summed E-state index contributed by atoms with van der Waals surface area (Å²) in [5, 5.41) is 0. The third kappa shape index (κ3) is 6.05. The van der Waals surface area contributed by atoms with E-state index in [2.05, 4.69) is 37.9 Å². The van der Waals surface area contributed by atoms with Crippen molar-refractivity contribution in [1.29, 1.82) is 0 Å². The molecule has 0 spiro atoms. The van der Waals surface area contributed by atoms with Crippen LogP contribution in [0.5, 0.6) is 5.75 Å². The molecule has 0 aliphatic heterocycles. The van der Waals surface area contributed by atoms with Crippen LogP contribution in [-0.4, -0.2) is 12.3 Å².